The summed E-state index contributed by atoms with van der Waals surface area (Å²) in [6.07, 6.45) is -0.0618. The van der Waals surface area contributed by atoms with E-state index >= 15 is 0 Å². The summed E-state index contributed by atoms with van der Waals surface area (Å²) in [5.74, 6) is 0. The molecular formula is C17H19N3O. The van der Waals surface area contributed by atoms with Crippen LogP contribution in [0.3, 0.4) is 0 Å². The van der Waals surface area contributed by atoms with Crippen LogP contribution in [0.1, 0.15) is 28.7 Å². The third-order valence-electron chi connectivity index (χ3n) is 3.71. The van der Waals surface area contributed by atoms with Crippen LogP contribution in [0.4, 0.5) is 0 Å². The highest BCUT2D eigenvalue weighted by atomic mass is 16.3. The Balaban J connectivity index is 1.94. The standard InChI is InChI=1S/C17H19N3O/c1-11-8-13(9-12(2)18-11)17(21)10-15-14-6-4-5-7-16(14)20(3)19-15/h4-9,17,21H,10H2,1-3H3. The van der Waals surface area contributed by atoms with E-state index in [2.05, 4.69) is 10.1 Å². The summed E-state index contributed by atoms with van der Waals surface area (Å²) in [5.41, 5.74) is 4.76. The minimum Gasteiger partial charge on any atom is -0.388 e. The molecule has 0 aliphatic carbocycles. The van der Waals surface area contributed by atoms with Gasteiger partial charge in [-0.1, -0.05) is 18.2 Å². The van der Waals surface area contributed by atoms with Crippen molar-refractivity contribution in [2.24, 2.45) is 7.05 Å². The molecule has 0 radical (unpaired) electrons. The number of aromatic nitrogens is 3. The molecule has 108 valence electrons. The zero-order valence-corrected chi connectivity index (χ0v) is 12.5. The highest BCUT2D eigenvalue weighted by molar-refractivity contribution is 5.81. The molecule has 0 fully saturated rings. The number of hydrogen-bond acceptors (Lipinski definition) is 3. The summed E-state index contributed by atoms with van der Waals surface area (Å²) >= 11 is 0. The predicted molar refractivity (Wildman–Crippen MR) is 83.1 cm³/mol. The molecule has 1 atom stereocenters. The topological polar surface area (TPSA) is 50.9 Å². The average molecular weight is 281 g/mol. The predicted octanol–water partition coefficient (Wildman–Crippen LogP) is 2.86. The second kappa shape index (κ2) is 5.30. The number of aliphatic hydroxyl groups excluding tert-OH is 1. The fourth-order valence-corrected chi connectivity index (χ4v) is 2.80. The minimum atomic E-state index is -0.566. The summed E-state index contributed by atoms with van der Waals surface area (Å²) in [7, 11) is 1.93. The maximum atomic E-state index is 10.5. The third-order valence-corrected chi connectivity index (χ3v) is 3.71. The Labute approximate surface area is 124 Å². The van der Waals surface area contributed by atoms with Gasteiger partial charge >= 0.3 is 0 Å². The smallest absolute Gasteiger partial charge is 0.0847 e. The lowest BCUT2D eigenvalue weighted by Gasteiger charge is -2.11. The van der Waals surface area contributed by atoms with E-state index in [1.807, 2.05) is 62.0 Å². The molecule has 3 rings (SSSR count). The van der Waals surface area contributed by atoms with E-state index in [0.29, 0.717) is 6.42 Å². The molecule has 1 N–H and O–H groups in total. The number of para-hydroxylation sites is 1. The van der Waals surface area contributed by atoms with Gasteiger partial charge in [0.2, 0.25) is 0 Å². The first-order valence-electron chi connectivity index (χ1n) is 7.08. The van der Waals surface area contributed by atoms with Gasteiger partial charge in [0.25, 0.3) is 0 Å². The molecule has 0 saturated carbocycles. The molecule has 0 aliphatic rings. The molecule has 2 heterocycles. The number of aryl methyl sites for hydroxylation is 3. The molecule has 0 bridgehead atoms. The zero-order valence-electron chi connectivity index (χ0n) is 12.5. The van der Waals surface area contributed by atoms with Gasteiger partial charge in [-0.25, -0.2) is 0 Å². The first-order chi connectivity index (χ1) is 10.0. The quantitative estimate of drug-likeness (QED) is 0.803. The van der Waals surface area contributed by atoms with Crippen molar-refractivity contribution in [3.63, 3.8) is 0 Å². The van der Waals surface area contributed by atoms with Crippen LogP contribution < -0.4 is 0 Å². The zero-order chi connectivity index (χ0) is 15.0. The molecule has 0 spiro atoms. The van der Waals surface area contributed by atoms with Crippen LogP contribution in [0.25, 0.3) is 10.9 Å². The number of nitrogens with zero attached hydrogens (tertiary/aromatic N) is 3. The maximum Gasteiger partial charge on any atom is 0.0847 e. The summed E-state index contributed by atoms with van der Waals surface area (Å²) in [4.78, 5) is 4.35. The third kappa shape index (κ3) is 2.67. The lowest BCUT2D eigenvalue weighted by atomic mass is 10.0. The van der Waals surface area contributed by atoms with Gasteiger partial charge in [0, 0.05) is 30.2 Å². The van der Waals surface area contributed by atoms with Crippen molar-refractivity contribution in [1.82, 2.24) is 14.8 Å². The Morgan fingerprint density at radius 2 is 1.81 bits per heavy atom. The van der Waals surface area contributed by atoms with Crippen molar-refractivity contribution in [3.8, 4) is 0 Å². The lowest BCUT2D eigenvalue weighted by Crippen LogP contribution is -2.05. The molecule has 2 aromatic heterocycles. The minimum absolute atomic E-state index is 0.504. The molecule has 0 amide bonds. The van der Waals surface area contributed by atoms with Gasteiger partial charge in [-0.15, -0.1) is 0 Å². The number of aliphatic hydroxyl groups is 1. The van der Waals surface area contributed by atoms with Crippen molar-refractivity contribution in [3.05, 3.63) is 59.0 Å². The Morgan fingerprint density at radius 3 is 2.52 bits per heavy atom. The Kier molecular flexibility index (Phi) is 3.47. The Bertz CT molecular complexity index is 772. The largest absolute Gasteiger partial charge is 0.388 e. The molecule has 3 aromatic rings. The molecule has 1 aromatic carbocycles. The van der Waals surface area contributed by atoms with Crippen LogP contribution in [-0.4, -0.2) is 19.9 Å². The Morgan fingerprint density at radius 1 is 1.14 bits per heavy atom. The van der Waals surface area contributed by atoms with Crippen LogP contribution in [0.5, 0.6) is 0 Å². The highest BCUT2D eigenvalue weighted by Crippen LogP contribution is 2.24. The van der Waals surface area contributed by atoms with Gasteiger partial charge in [-0.3, -0.25) is 9.67 Å². The van der Waals surface area contributed by atoms with E-state index < -0.39 is 6.10 Å². The van der Waals surface area contributed by atoms with Crippen LogP contribution in [-0.2, 0) is 13.5 Å². The van der Waals surface area contributed by atoms with Gasteiger partial charge < -0.3 is 5.11 Å². The fraction of sp³-hybridized carbons (Fsp3) is 0.294. The molecule has 0 saturated heterocycles. The van der Waals surface area contributed by atoms with Crippen molar-refractivity contribution >= 4 is 10.9 Å². The van der Waals surface area contributed by atoms with E-state index in [1.54, 1.807) is 0 Å². The first kappa shape index (κ1) is 13.8. The lowest BCUT2D eigenvalue weighted by molar-refractivity contribution is 0.177. The van der Waals surface area contributed by atoms with Crippen molar-refractivity contribution in [2.45, 2.75) is 26.4 Å². The summed E-state index contributed by atoms with van der Waals surface area (Å²) in [5, 5.41) is 16.2. The number of hydrogen-bond donors (Lipinski definition) is 1. The van der Waals surface area contributed by atoms with Gasteiger partial charge in [0.1, 0.15) is 0 Å². The number of rotatable bonds is 3. The second-order valence-corrected chi connectivity index (χ2v) is 5.49. The number of pyridine rings is 1. The van der Waals surface area contributed by atoms with E-state index in [-0.39, 0.29) is 0 Å². The number of fused-ring (bicyclic) bond motifs is 1. The first-order valence-corrected chi connectivity index (χ1v) is 7.08. The fourth-order valence-electron chi connectivity index (χ4n) is 2.80. The molecule has 1 unspecified atom stereocenters. The summed E-state index contributed by atoms with van der Waals surface area (Å²) in [6, 6.07) is 12.0. The average Bonchev–Trinajstić information content (AvgIpc) is 2.75. The molecule has 4 heteroatoms. The van der Waals surface area contributed by atoms with Crippen molar-refractivity contribution < 1.29 is 5.11 Å². The van der Waals surface area contributed by atoms with Crippen LogP contribution in [0.2, 0.25) is 0 Å². The van der Waals surface area contributed by atoms with Crippen molar-refractivity contribution in [2.75, 3.05) is 0 Å². The van der Waals surface area contributed by atoms with Crippen LogP contribution >= 0.6 is 0 Å². The van der Waals surface area contributed by atoms with E-state index in [9.17, 15) is 5.11 Å². The normalized spacial score (nSPS) is 12.8. The van der Waals surface area contributed by atoms with Gasteiger partial charge in [-0.2, -0.15) is 5.10 Å². The number of benzene rings is 1. The molecule has 0 aliphatic heterocycles. The van der Waals surface area contributed by atoms with Crippen LogP contribution in [0, 0.1) is 13.8 Å². The summed E-state index contributed by atoms with van der Waals surface area (Å²) in [6.45, 7) is 3.89. The van der Waals surface area contributed by atoms with Crippen LogP contribution in [0.15, 0.2) is 36.4 Å². The molecular weight excluding hydrogens is 262 g/mol. The Hall–Kier alpha value is -2.20. The molecule has 4 nitrogen and oxygen atoms in total. The van der Waals surface area contributed by atoms with E-state index in [0.717, 1.165) is 33.5 Å². The van der Waals surface area contributed by atoms with Gasteiger partial charge in [0.05, 0.1) is 17.3 Å². The van der Waals surface area contributed by atoms with E-state index in [4.69, 9.17) is 0 Å². The second-order valence-electron chi connectivity index (χ2n) is 5.49. The van der Waals surface area contributed by atoms with Crippen molar-refractivity contribution in [1.29, 1.82) is 0 Å². The highest BCUT2D eigenvalue weighted by Gasteiger charge is 2.15. The van der Waals surface area contributed by atoms with Gasteiger partial charge in [0.15, 0.2) is 0 Å². The molecule has 21 heavy (non-hydrogen) atoms. The maximum absolute atomic E-state index is 10.5. The van der Waals surface area contributed by atoms with E-state index in [1.165, 1.54) is 0 Å². The SMILES string of the molecule is Cc1cc(C(O)Cc2nn(C)c3ccccc23)cc(C)n1. The summed E-state index contributed by atoms with van der Waals surface area (Å²) < 4.78 is 1.86. The van der Waals surface area contributed by atoms with Gasteiger partial charge in [-0.05, 0) is 37.6 Å². The monoisotopic (exact) mass is 281 g/mol.